The van der Waals surface area contributed by atoms with Crippen LogP contribution in [0.2, 0.25) is 5.02 Å². The molecule has 1 aromatic rings. The lowest BCUT2D eigenvalue weighted by Crippen LogP contribution is -2.00. The number of methoxy groups -OCH3 is 1. The highest BCUT2D eigenvalue weighted by Crippen LogP contribution is 2.36. The van der Waals surface area contributed by atoms with Gasteiger partial charge in [-0.25, -0.2) is 13.8 Å². The first-order valence-corrected chi connectivity index (χ1v) is 3.71. The molecular weight excluding hydrogens is 202 g/mol. The molecule has 0 aliphatic heterocycles. The van der Waals surface area contributed by atoms with E-state index in [1.54, 1.807) is 0 Å². The molecule has 0 fully saturated rings. The number of pyridine rings is 1. The van der Waals surface area contributed by atoms with Crippen LogP contribution in [0.5, 0.6) is 5.75 Å². The minimum Gasteiger partial charge on any atom is -0.493 e. The summed E-state index contributed by atoms with van der Waals surface area (Å²) in [5.41, 5.74) is 4.96. The van der Waals surface area contributed by atoms with Gasteiger partial charge in [-0.15, -0.1) is 0 Å². The Bertz CT molecular complexity index is 320. The Labute approximate surface area is 78.5 Å². The fraction of sp³-hybridized carbons (Fsp3) is 0.286. The second-order valence-corrected chi connectivity index (χ2v) is 2.62. The van der Waals surface area contributed by atoms with Crippen molar-refractivity contribution in [2.24, 2.45) is 0 Å². The molecule has 0 amide bonds. The zero-order valence-corrected chi connectivity index (χ0v) is 7.48. The van der Waals surface area contributed by atoms with Crippen LogP contribution in [0.25, 0.3) is 0 Å². The van der Waals surface area contributed by atoms with Gasteiger partial charge < -0.3 is 10.5 Å². The molecule has 13 heavy (non-hydrogen) atoms. The Kier molecular flexibility index (Phi) is 2.87. The van der Waals surface area contributed by atoms with Crippen molar-refractivity contribution in [3.8, 4) is 5.75 Å². The van der Waals surface area contributed by atoms with E-state index in [1.807, 2.05) is 0 Å². The van der Waals surface area contributed by atoms with E-state index in [-0.39, 0.29) is 16.5 Å². The lowest BCUT2D eigenvalue weighted by atomic mass is 10.3. The molecule has 2 N–H and O–H groups in total. The quantitative estimate of drug-likeness (QED) is 0.811. The number of anilines is 1. The molecule has 6 heteroatoms. The van der Waals surface area contributed by atoms with Gasteiger partial charge in [-0.3, -0.25) is 0 Å². The van der Waals surface area contributed by atoms with Gasteiger partial charge >= 0.3 is 0 Å². The molecule has 0 aromatic carbocycles. The fourth-order valence-corrected chi connectivity index (χ4v) is 1.07. The number of rotatable bonds is 2. The first kappa shape index (κ1) is 9.98. The first-order valence-electron chi connectivity index (χ1n) is 3.34. The average molecular weight is 209 g/mol. The smallest absolute Gasteiger partial charge is 0.284 e. The molecule has 0 atom stereocenters. The van der Waals surface area contributed by atoms with Crippen LogP contribution in [0.15, 0.2) is 6.20 Å². The van der Waals surface area contributed by atoms with Gasteiger partial charge in [0.25, 0.3) is 6.43 Å². The maximum absolute atomic E-state index is 12.3. The summed E-state index contributed by atoms with van der Waals surface area (Å²) in [6.07, 6.45) is -1.65. The number of nitrogens with zero attached hydrogens (tertiary/aromatic N) is 1. The number of nitrogens with two attached hydrogens (primary N) is 1. The minimum absolute atomic E-state index is 0.0344. The van der Waals surface area contributed by atoms with Gasteiger partial charge in [0, 0.05) is 0 Å². The molecule has 0 saturated carbocycles. The third-order valence-corrected chi connectivity index (χ3v) is 1.83. The van der Waals surface area contributed by atoms with Gasteiger partial charge in [0.15, 0.2) is 5.75 Å². The highest BCUT2D eigenvalue weighted by Gasteiger charge is 2.19. The Morgan fingerprint density at radius 2 is 2.23 bits per heavy atom. The average Bonchev–Trinajstić information content (AvgIpc) is 2.09. The third-order valence-electron chi connectivity index (χ3n) is 1.44. The summed E-state index contributed by atoms with van der Waals surface area (Å²) < 4.78 is 29.2. The van der Waals surface area contributed by atoms with Crippen molar-refractivity contribution < 1.29 is 13.5 Å². The normalized spacial score (nSPS) is 10.5. The van der Waals surface area contributed by atoms with E-state index in [4.69, 9.17) is 17.3 Å². The molecule has 1 aromatic heterocycles. The first-order chi connectivity index (χ1) is 6.07. The SMILES string of the molecule is COc1c(C(F)F)ncc(N)c1Cl. The maximum atomic E-state index is 12.3. The minimum atomic E-state index is -2.73. The lowest BCUT2D eigenvalue weighted by Gasteiger charge is -2.09. The molecule has 0 aliphatic carbocycles. The van der Waals surface area contributed by atoms with Gasteiger partial charge in [-0.2, -0.15) is 0 Å². The molecule has 0 saturated heterocycles. The zero-order chi connectivity index (χ0) is 10.0. The van der Waals surface area contributed by atoms with Gasteiger partial charge in [-0.1, -0.05) is 11.6 Å². The summed E-state index contributed by atoms with van der Waals surface area (Å²) in [5, 5.41) is -0.0344. The largest absolute Gasteiger partial charge is 0.493 e. The van der Waals surface area contributed by atoms with Crippen molar-refractivity contribution in [1.82, 2.24) is 4.98 Å². The van der Waals surface area contributed by atoms with Gasteiger partial charge in [0.1, 0.15) is 10.7 Å². The van der Waals surface area contributed by atoms with E-state index in [0.29, 0.717) is 0 Å². The molecule has 3 nitrogen and oxygen atoms in total. The van der Waals surface area contributed by atoms with Crippen LogP contribution >= 0.6 is 11.6 Å². The fourth-order valence-electron chi connectivity index (χ4n) is 0.848. The molecule has 72 valence electrons. The van der Waals surface area contributed by atoms with Crippen LogP contribution < -0.4 is 10.5 Å². The van der Waals surface area contributed by atoms with E-state index in [2.05, 4.69) is 9.72 Å². The van der Waals surface area contributed by atoms with E-state index in [1.165, 1.54) is 7.11 Å². The zero-order valence-electron chi connectivity index (χ0n) is 6.72. The van der Waals surface area contributed by atoms with Gasteiger partial charge in [-0.05, 0) is 0 Å². The van der Waals surface area contributed by atoms with Crippen LogP contribution in [-0.4, -0.2) is 12.1 Å². The number of hydrogen-bond acceptors (Lipinski definition) is 3. The summed E-state index contributed by atoms with van der Waals surface area (Å²) in [5.74, 6) is -0.170. The summed E-state index contributed by atoms with van der Waals surface area (Å²) in [6, 6.07) is 0. The van der Waals surface area contributed by atoms with E-state index in [0.717, 1.165) is 6.20 Å². The lowest BCUT2D eigenvalue weighted by molar-refractivity contribution is 0.141. The maximum Gasteiger partial charge on any atom is 0.284 e. The van der Waals surface area contributed by atoms with Crippen molar-refractivity contribution in [3.05, 3.63) is 16.9 Å². The molecule has 0 radical (unpaired) electrons. The number of aromatic nitrogens is 1. The van der Waals surface area contributed by atoms with E-state index in [9.17, 15) is 8.78 Å². The summed E-state index contributed by atoms with van der Waals surface area (Å²) in [6.45, 7) is 0. The summed E-state index contributed by atoms with van der Waals surface area (Å²) >= 11 is 5.62. The Hall–Kier alpha value is -1.10. The molecule has 0 bridgehead atoms. The van der Waals surface area contributed by atoms with Crippen LogP contribution in [0.4, 0.5) is 14.5 Å². The number of nitrogen functional groups attached to an aromatic ring is 1. The van der Waals surface area contributed by atoms with Crippen LogP contribution in [0.1, 0.15) is 12.1 Å². The van der Waals surface area contributed by atoms with Crippen molar-refractivity contribution in [2.75, 3.05) is 12.8 Å². The van der Waals surface area contributed by atoms with Gasteiger partial charge in [0.05, 0.1) is 19.0 Å². The number of alkyl halides is 2. The van der Waals surface area contributed by atoms with Gasteiger partial charge in [0.2, 0.25) is 0 Å². The standard InChI is InChI=1S/C7H7ClF2N2O/c1-13-6-4(8)3(11)2-12-5(6)7(9)10/h2,7H,11H2,1H3. The molecular formula is C7H7ClF2N2O. The summed E-state index contributed by atoms with van der Waals surface area (Å²) in [7, 11) is 1.23. The monoisotopic (exact) mass is 208 g/mol. The van der Waals surface area contributed by atoms with Crippen molar-refractivity contribution >= 4 is 17.3 Å². The highest BCUT2D eigenvalue weighted by atomic mass is 35.5. The molecule has 1 rings (SSSR count). The second-order valence-electron chi connectivity index (χ2n) is 2.25. The van der Waals surface area contributed by atoms with Crippen molar-refractivity contribution in [2.45, 2.75) is 6.43 Å². The molecule has 0 spiro atoms. The van der Waals surface area contributed by atoms with Crippen LogP contribution in [0.3, 0.4) is 0 Å². The van der Waals surface area contributed by atoms with E-state index >= 15 is 0 Å². The van der Waals surface area contributed by atoms with Crippen LogP contribution in [-0.2, 0) is 0 Å². The summed E-state index contributed by atoms with van der Waals surface area (Å²) in [4.78, 5) is 3.42. The van der Waals surface area contributed by atoms with Crippen molar-refractivity contribution in [3.63, 3.8) is 0 Å². The van der Waals surface area contributed by atoms with E-state index < -0.39 is 12.1 Å². The topological polar surface area (TPSA) is 48.1 Å². The van der Waals surface area contributed by atoms with Crippen LogP contribution in [0, 0.1) is 0 Å². The predicted octanol–water partition coefficient (Wildman–Crippen LogP) is 2.26. The number of ether oxygens (including phenoxy) is 1. The Balaban J connectivity index is 3.30. The Morgan fingerprint density at radius 1 is 1.62 bits per heavy atom. The number of halogens is 3. The Morgan fingerprint density at radius 3 is 2.69 bits per heavy atom. The predicted molar refractivity (Wildman–Crippen MR) is 45.2 cm³/mol. The third kappa shape index (κ3) is 1.80. The molecule has 0 aliphatic rings. The molecule has 0 unspecified atom stereocenters. The highest BCUT2D eigenvalue weighted by molar-refractivity contribution is 6.34. The van der Waals surface area contributed by atoms with Crippen molar-refractivity contribution in [1.29, 1.82) is 0 Å². The second kappa shape index (κ2) is 3.74. The molecule has 1 heterocycles. The number of hydrogen-bond donors (Lipinski definition) is 1.